The fraction of sp³-hybridized carbons (Fsp3) is 0.250. The van der Waals surface area contributed by atoms with Gasteiger partial charge in [0.25, 0.3) is 11.6 Å². The van der Waals surface area contributed by atoms with Crippen molar-refractivity contribution in [3.8, 4) is 0 Å². The maximum Gasteiger partial charge on any atom is 0.416 e. The molecule has 1 aromatic carbocycles. The van der Waals surface area contributed by atoms with Crippen LogP contribution in [0.5, 0.6) is 0 Å². The zero-order chi connectivity index (χ0) is 20.4. The number of benzene rings is 1. The van der Waals surface area contributed by atoms with Crippen LogP contribution in [0.3, 0.4) is 0 Å². The van der Waals surface area contributed by atoms with Gasteiger partial charge in [0.2, 0.25) is 0 Å². The third-order valence-electron chi connectivity index (χ3n) is 3.39. The molecule has 0 saturated carbocycles. The van der Waals surface area contributed by atoms with Crippen LogP contribution in [0.4, 0.5) is 24.5 Å². The monoisotopic (exact) mass is 402 g/mol. The first-order chi connectivity index (χ1) is 12.5. The molecule has 1 amide bonds. The van der Waals surface area contributed by atoms with Gasteiger partial charge < -0.3 is 10.1 Å². The maximum atomic E-state index is 12.7. The van der Waals surface area contributed by atoms with Crippen LogP contribution in [0.25, 0.3) is 0 Å². The SMILES string of the molecule is Cc1cc(C(=O)OCC(=O)Nc2ccc(C(F)(F)F)cc2[N+](=O)[O-])c(C)s1. The van der Waals surface area contributed by atoms with E-state index in [1.807, 2.05) is 0 Å². The average Bonchev–Trinajstić information content (AvgIpc) is 2.90. The number of halogens is 3. The van der Waals surface area contributed by atoms with E-state index in [9.17, 15) is 32.9 Å². The highest BCUT2D eigenvalue weighted by Gasteiger charge is 2.33. The highest BCUT2D eigenvalue weighted by atomic mass is 32.1. The Labute approximate surface area is 154 Å². The van der Waals surface area contributed by atoms with Crippen LogP contribution in [0, 0.1) is 24.0 Å². The number of ether oxygens (including phenoxy) is 1. The number of nitrogens with zero attached hydrogens (tertiary/aromatic N) is 1. The highest BCUT2D eigenvalue weighted by molar-refractivity contribution is 7.12. The third kappa shape index (κ3) is 5.03. The number of alkyl halides is 3. The quantitative estimate of drug-likeness (QED) is 0.461. The second-order valence-electron chi connectivity index (χ2n) is 5.44. The van der Waals surface area contributed by atoms with Crippen molar-refractivity contribution in [2.24, 2.45) is 0 Å². The molecule has 1 N–H and O–H groups in total. The number of hydrogen-bond acceptors (Lipinski definition) is 6. The molecule has 27 heavy (non-hydrogen) atoms. The molecule has 0 unspecified atom stereocenters. The fourth-order valence-electron chi connectivity index (χ4n) is 2.19. The van der Waals surface area contributed by atoms with E-state index in [-0.39, 0.29) is 0 Å². The molecular formula is C16H13F3N2O5S. The van der Waals surface area contributed by atoms with Gasteiger partial charge in [-0.25, -0.2) is 4.79 Å². The number of rotatable bonds is 5. The molecule has 1 aromatic heterocycles. The number of nitro groups is 1. The second-order valence-corrected chi connectivity index (χ2v) is 6.90. The van der Waals surface area contributed by atoms with E-state index in [0.717, 1.165) is 10.9 Å². The number of thiophene rings is 1. The van der Waals surface area contributed by atoms with Crippen molar-refractivity contribution in [2.75, 3.05) is 11.9 Å². The van der Waals surface area contributed by atoms with E-state index in [1.165, 1.54) is 11.3 Å². The Hall–Kier alpha value is -2.95. The topological polar surface area (TPSA) is 98.5 Å². The lowest BCUT2D eigenvalue weighted by atomic mass is 10.1. The zero-order valence-corrected chi connectivity index (χ0v) is 14.9. The van der Waals surface area contributed by atoms with E-state index in [2.05, 4.69) is 5.32 Å². The first-order valence-corrected chi connectivity index (χ1v) is 8.20. The molecule has 0 aliphatic rings. The van der Waals surface area contributed by atoms with Crippen molar-refractivity contribution in [3.05, 3.63) is 55.3 Å². The fourth-order valence-corrected chi connectivity index (χ4v) is 3.11. The summed E-state index contributed by atoms with van der Waals surface area (Å²) in [7, 11) is 0. The van der Waals surface area contributed by atoms with Crippen LogP contribution >= 0.6 is 11.3 Å². The van der Waals surface area contributed by atoms with Crippen LogP contribution < -0.4 is 5.32 Å². The third-order valence-corrected chi connectivity index (χ3v) is 4.36. The molecule has 144 valence electrons. The molecule has 0 saturated heterocycles. The number of hydrogen-bond donors (Lipinski definition) is 1. The molecule has 2 rings (SSSR count). The van der Waals surface area contributed by atoms with Gasteiger partial charge in [0, 0.05) is 15.8 Å². The van der Waals surface area contributed by atoms with E-state index in [0.29, 0.717) is 22.6 Å². The summed E-state index contributed by atoms with van der Waals surface area (Å²) < 4.78 is 42.8. The van der Waals surface area contributed by atoms with Crippen LogP contribution in [-0.4, -0.2) is 23.4 Å². The molecule has 0 aliphatic heterocycles. The summed E-state index contributed by atoms with van der Waals surface area (Å²) in [6.45, 7) is 2.76. The zero-order valence-electron chi connectivity index (χ0n) is 14.0. The minimum atomic E-state index is -4.76. The molecule has 0 radical (unpaired) electrons. The summed E-state index contributed by atoms with van der Waals surface area (Å²) in [5.41, 5.74) is -2.28. The molecule has 1 heterocycles. The van der Waals surface area contributed by atoms with Gasteiger partial charge >= 0.3 is 12.1 Å². The van der Waals surface area contributed by atoms with Gasteiger partial charge in [0.1, 0.15) is 5.69 Å². The molecule has 2 aromatic rings. The van der Waals surface area contributed by atoms with E-state index >= 15 is 0 Å². The molecule has 7 nitrogen and oxygen atoms in total. The second kappa shape index (κ2) is 7.74. The number of aryl methyl sites for hydroxylation is 2. The number of carbonyl (C=O) groups is 2. The standard InChI is InChI=1S/C16H13F3N2O5S/c1-8-5-11(9(2)27-8)15(23)26-7-14(22)20-12-4-3-10(16(17,18)19)6-13(12)21(24)25/h3-6H,7H2,1-2H3,(H,20,22). The predicted molar refractivity (Wildman–Crippen MR) is 90.8 cm³/mol. The first-order valence-electron chi connectivity index (χ1n) is 7.38. The number of nitrogens with one attached hydrogen (secondary N) is 1. The summed E-state index contributed by atoms with van der Waals surface area (Å²) in [6, 6.07) is 3.29. The predicted octanol–water partition coefficient (Wildman–Crippen LogP) is 4.09. The molecular weight excluding hydrogens is 389 g/mol. The Morgan fingerprint density at radius 3 is 2.44 bits per heavy atom. The van der Waals surface area contributed by atoms with Crippen LogP contribution in [0.1, 0.15) is 25.7 Å². The Kier molecular flexibility index (Phi) is 5.84. The van der Waals surface area contributed by atoms with Gasteiger partial charge in [0.05, 0.1) is 16.1 Å². The van der Waals surface area contributed by atoms with Gasteiger partial charge in [-0.1, -0.05) is 0 Å². The number of amides is 1. The van der Waals surface area contributed by atoms with E-state index in [1.54, 1.807) is 19.9 Å². The van der Waals surface area contributed by atoms with Crippen molar-refractivity contribution in [3.63, 3.8) is 0 Å². The largest absolute Gasteiger partial charge is 0.452 e. The van der Waals surface area contributed by atoms with Crippen molar-refractivity contribution >= 4 is 34.6 Å². The smallest absolute Gasteiger partial charge is 0.416 e. The lowest BCUT2D eigenvalue weighted by Crippen LogP contribution is -2.21. The van der Waals surface area contributed by atoms with Gasteiger partial charge in [-0.2, -0.15) is 13.2 Å². The van der Waals surface area contributed by atoms with Gasteiger partial charge in [-0.15, -0.1) is 11.3 Å². The Bertz CT molecular complexity index is 908. The van der Waals surface area contributed by atoms with Crippen LogP contribution in [-0.2, 0) is 15.7 Å². The minimum absolute atomic E-state index is 0.297. The normalized spacial score (nSPS) is 11.1. The summed E-state index contributed by atoms with van der Waals surface area (Å²) in [6.07, 6.45) is -4.76. The lowest BCUT2D eigenvalue weighted by molar-refractivity contribution is -0.384. The average molecular weight is 402 g/mol. The lowest BCUT2D eigenvalue weighted by Gasteiger charge is -2.10. The summed E-state index contributed by atoms with van der Waals surface area (Å²) in [5, 5.41) is 13.1. The summed E-state index contributed by atoms with van der Waals surface area (Å²) in [5.74, 6) is -1.66. The van der Waals surface area contributed by atoms with Crippen molar-refractivity contribution in [1.29, 1.82) is 0 Å². The van der Waals surface area contributed by atoms with E-state index in [4.69, 9.17) is 4.74 Å². The molecule has 11 heteroatoms. The Morgan fingerprint density at radius 1 is 1.26 bits per heavy atom. The Morgan fingerprint density at radius 2 is 1.93 bits per heavy atom. The molecule has 0 atom stereocenters. The Balaban J connectivity index is 2.08. The van der Waals surface area contributed by atoms with Crippen LogP contribution in [0.2, 0.25) is 0 Å². The molecule has 0 spiro atoms. The van der Waals surface area contributed by atoms with Crippen molar-refractivity contribution in [1.82, 2.24) is 0 Å². The minimum Gasteiger partial charge on any atom is -0.452 e. The molecule has 0 aliphatic carbocycles. The number of esters is 1. The van der Waals surface area contributed by atoms with Gasteiger partial charge in [-0.05, 0) is 32.0 Å². The van der Waals surface area contributed by atoms with Crippen molar-refractivity contribution < 1.29 is 32.4 Å². The summed E-state index contributed by atoms with van der Waals surface area (Å²) >= 11 is 1.37. The number of nitro benzene ring substituents is 1. The number of anilines is 1. The summed E-state index contributed by atoms with van der Waals surface area (Å²) in [4.78, 5) is 35.3. The van der Waals surface area contributed by atoms with Gasteiger partial charge in [-0.3, -0.25) is 14.9 Å². The molecule has 0 fully saturated rings. The van der Waals surface area contributed by atoms with Crippen LogP contribution in [0.15, 0.2) is 24.3 Å². The number of carbonyl (C=O) groups excluding carboxylic acids is 2. The van der Waals surface area contributed by atoms with E-state index < -0.39 is 46.5 Å². The van der Waals surface area contributed by atoms with Gasteiger partial charge in [0.15, 0.2) is 6.61 Å². The van der Waals surface area contributed by atoms with Crippen molar-refractivity contribution in [2.45, 2.75) is 20.0 Å². The maximum absolute atomic E-state index is 12.7. The molecule has 0 bridgehead atoms. The highest BCUT2D eigenvalue weighted by Crippen LogP contribution is 2.34. The first kappa shape index (κ1) is 20.4.